The predicted octanol–water partition coefficient (Wildman–Crippen LogP) is 1.72. The molecule has 0 aromatic heterocycles. The molecule has 0 amide bonds. The van der Waals surface area contributed by atoms with Crippen LogP contribution in [0.25, 0.3) is 0 Å². The van der Waals surface area contributed by atoms with Crippen molar-refractivity contribution in [1.82, 2.24) is 0 Å². The van der Waals surface area contributed by atoms with Crippen molar-refractivity contribution in [1.29, 1.82) is 0 Å². The van der Waals surface area contributed by atoms with E-state index < -0.39 is 17.6 Å². The lowest BCUT2D eigenvalue weighted by molar-refractivity contribution is -0.137. The molecule has 0 aliphatic carbocycles. The molecule has 0 bridgehead atoms. The highest BCUT2D eigenvalue weighted by atomic mass is 19.1. The molecule has 1 aromatic rings. The smallest absolute Gasteiger partial charge is 0.379 e. The first-order valence-corrected chi connectivity index (χ1v) is 5.09. The molecule has 0 saturated heterocycles. The van der Waals surface area contributed by atoms with Crippen LogP contribution in [-0.4, -0.2) is 25.5 Å². The molecule has 0 spiro atoms. The third kappa shape index (κ3) is 3.35. The van der Waals surface area contributed by atoms with Crippen LogP contribution in [0.15, 0.2) is 18.2 Å². The Labute approximate surface area is 98.3 Å². The van der Waals surface area contributed by atoms with Crippen molar-refractivity contribution in [2.75, 3.05) is 13.7 Å². The second-order valence-electron chi connectivity index (χ2n) is 3.30. The number of carbonyl (C=O) groups is 2. The molecule has 17 heavy (non-hydrogen) atoms. The van der Waals surface area contributed by atoms with Gasteiger partial charge < -0.3 is 9.47 Å². The molecule has 1 aromatic carbocycles. The monoisotopic (exact) mass is 240 g/mol. The van der Waals surface area contributed by atoms with Gasteiger partial charge in [0.15, 0.2) is 0 Å². The largest absolute Gasteiger partial charge is 0.460 e. The molecule has 5 heteroatoms. The van der Waals surface area contributed by atoms with E-state index in [1.807, 2.05) is 0 Å². The third-order valence-electron chi connectivity index (χ3n) is 2.05. The summed E-state index contributed by atoms with van der Waals surface area (Å²) in [6.07, 6.45) is 0. The van der Waals surface area contributed by atoms with Crippen molar-refractivity contribution in [3.63, 3.8) is 0 Å². The maximum Gasteiger partial charge on any atom is 0.379 e. The van der Waals surface area contributed by atoms with Crippen LogP contribution in [0.1, 0.15) is 22.8 Å². The van der Waals surface area contributed by atoms with Crippen LogP contribution in [-0.2, 0) is 20.9 Å². The van der Waals surface area contributed by atoms with E-state index in [-0.39, 0.29) is 18.8 Å². The van der Waals surface area contributed by atoms with E-state index in [1.54, 1.807) is 6.92 Å². The lowest BCUT2D eigenvalue weighted by Gasteiger charge is -2.04. The number of esters is 1. The topological polar surface area (TPSA) is 52.6 Å². The molecule has 0 aliphatic rings. The van der Waals surface area contributed by atoms with E-state index in [4.69, 9.17) is 4.74 Å². The van der Waals surface area contributed by atoms with Crippen molar-refractivity contribution in [3.05, 3.63) is 35.1 Å². The van der Waals surface area contributed by atoms with Crippen molar-refractivity contribution in [2.45, 2.75) is 13.5 Å². The maximum absolute atomic E-state index is 13.5. The summed E-state index contributed by atoms with van der Waals surface area (Å²) >= 11 is 0. The Morgan fingerprint density at radius 2 is 2.06 bits per heavy atom. The summed E-state index contributed by atoms with van der Waals surface area (Å²) in [5.41, 5.74) is 0.300. The molecule has 0 saturated carbocycles. The summed E-state index contributed by atoms with van der Waals surface area (Å²) < 4.78 is 22.9. The summed E-state index contributed by atoms with van der Waals surface area (Å²) in [7, 11) is 1.48. The van der Waals surface area contributed by atoms with Gasteiger partial charge in [0.2, 0.25) is 0 Å². The van der Waals surface area contributed by atoms with E-state index >= 15 is 0 Å². The van der Waals surface area contributed by atoms with E-state index in [0.29, 0.717) is 5.56 Å². The zero-order valence-corrected chi connectivity index (χ0v) is 9.66. The first kappa shape index (κ1) is 13.3. The first-order valence-electron chi connectivity index (χ1n) is 5.09. The minimum absolute atomic E-state index is 0.0773. The van der Waals surface area contributed by atoms with Crippen LogP contribution in [0.5, 0.6) is 0 Å². The highest BCUT2D eigenvalue weighted by Crippen LogP contribution is 2.12. The van der Waals surface area contributed by atoms with Gasteiger partial charge in [0.1, 0.15) is 5.82 Å². The number of Topliss-reactive ketones (excluding diaryl/α,β-unsaturated/α-hetero) is 1. The van der Waals surface area contributed by atoms with Crippen molar-refractivity contribution < 1.29 is 23.5 Å². The van der Waals surface area contributed by atoms with Crippen LogP contribution >= 0.6 is 0 Å². The second-order valence-corrected chi connectivity index (χ2v) is 3.30. The van der Waals surface area contributed by atoms with Gasteiger partial charge in [0.25, 0.3) is 5.78 Å². The van der Waals surface area contributed by atoms with Crippen LogP contribution in [0.3, 0.4) is 0 Å². The number of ether oxygens (including phenoxy) is 2. The number of ketones is 1. The van der Waals surface area contributed by atoms with Gasteiger partial charge in [-0.15, -0.1) is 0 Å². The van der Waals surface area contributed by atoms with Gasteiger partial charge in [0.05, 0.1) is 18.8 Å². The highest BCUT2D eigenvalue weighted by Gasteiger charge is 2.21. The molecule has 0 heterocycles. The predicted molar refractivity (Wildman–Crippen MR) is 58.1 cm³/mol. The fraction of sp³-hybridized carbons (Fsp3) is 0.333. The van der Waals surface area contributed by atoms with Gasteiger partial charge in [-0.1, -0.05) is 6.07 Å². The Hall–Kier alpha value is -1.75. The lowest BCUT2D eigenvalue weighted by atomic mass is 10.1. The normalized spacial score (nSPS) is 10.1. The van der Waals surface area contributed by atoms with E-state index in [0.717, 1.165) is 6.07 Å². The van der Waals surface area contributed by atoms with Crippen LogP contribution in [0, 0.1) is 5.82 Å². The Bertz CT molecular complexity index is 429. The molecular formula is C12H13FO4. The number of methoxy groups -OCH3 is 1. The third-order valence-corrected chi connectivity index (χ3v) is 2.05. The van der Waals surface area contributed by atoms with Crippen molar-refractivity contribution in [2.24, 2.45) is 0 Å². The van der Waals surface area contributed by atoms with E-state index in [9.17, 15) is 14.0 Å². The van der Waals surface area contributed by atoms with Gasteiger partial charge in [-0.3, -0.25) is 4.79 Å². The SMILES string of the molecule is CCOC(=O)C(=O)c1ccc(COC)cc1F. The Balaban J connectivity index is 2.92. The molecule has 0 atom stereocenters. The number of carbonyl (C=O) groups excluding carboxylic acids is 2. The van der Waals surface area contributed by atoms with Gasteiger partial charge in [-0.25, -0.2) is 9.18 Å². The molecule has 0 unspecified atom stereocenters. The lowest BCUT2D eigenvalue weighted by Crippen LogP contribution is -2.18. The van der Waals surface area contributed by atoms with Gasteiger partial charge in [-0.05, 0) is 24.6 Å². The molecule has 1 rings (SSSR count). The minimum Gasteiger partial charge on any atom is -0.460 e. The highest BCUT2D eigenvalue weighted by molar-refractivity contribution is 6.40. The van der Waals surface area contributed by atoms with Crippen LogP contribution in [0.4, 0.5) is 4.39 Å². The van der Waals surface area contributed by atoms with Gasteiger partial charge in [0, 0.05) is 7.11 Å². The molecule has 4 nitrogen and oxygen atoms in total. The zero-order valence-electron chi connectivity index (χ0n) is 9.66. The molecule has 92 valence electrons. The molecule has 0 radical (unpaired) electrons. The zero-order chi connectivity index (χ0) is 12.8. The number of hydrogen-bond donors (Lipinski definition) is 0. The fourth-order valence-corrected chi connectivity index (χ4v) is 1.31. The van der Waals surface area contributed by atoms with Crippen LogP contribution < -0.4 is 0 Å². The molecule has 0 N–H and O–H groups in total. The van der Waals surface area contributed by atoms with Gasteiger partial charge in [-0.2, -0.15) is 0 Å². The Morgan fingerprint density at radius 3 is 2.59 bits per heavy atom. The number of rotatable bonds is 5. The molecular weight excluding hydrogens is 227 g/mol. The number of hydrogen-bond acceptors (Lipinski definition) is 4. The summed E-state index contributed by atoms with van der Waals surface area (Å²) in [5.74, 6) is -2.78. The number of benzene rings is 1. The fourth-order valence-electron chi connectivity index (χ4n) is 1.31. The summed E-state index contributed by atoms with van der Waals surface area (Å²) in [5, 5.41) is 0. The standard InChI is InChI=1S/C12H13FO4/c1-3-17-12(15)11(14)9-5-4-8(7-16-2)6-10(9)13/h4-6H,3,7H2,1-2H3. The van der Waals surface area contributed by atoms with Crippen molar-refractivity contribution >= 4 is 11.8 Å². The van der Waals surface area contributed by atoms with Gasteiger partial charge >= 0.3 is 5.97 Å². The summed E-state index contributed by atoms with van der Waals surface area (Å²) in [6, 6.07) is 3.94. The second kappa shape index (κ2) is 6.10. The minimum atomic E-state index is -1.05. The summed E-state index contributed by atoms with van der Waals surface area (Å²) in [4.78, 5) is 22.6. The first-order chi connectivity index (χ1) is 8.10. The van der Waals surface area contributed by atoms with E-state index in [2.05, 4.69) is 4.74 Å². The van der Waals surface area contributed by atoms with Crippen LogP contribution in [0.2, 0.25) is 0 Å². The Kier molecular flexibility index (Phi) is 4.78. The number of halogens is 1. The average Bonchev–Trinajstić information content (AvgIpc) is 2.29. The quantitative estimate of drug-likeness (QED) is 0.446. The average molecular weight is 240 g/mol. The maximum atomic E-state index is 13.5. The summed E-state index contributed by atoms with van der Waals surface area (Å²) in [6.45, 7) is 1.89. The Morgan fingerprint density at radius 1 is 1.35 bits per heavy atom. The van der Waals surface area contributed by atoms with Crippen molar-refractivity contribution in [3.8, 4) is 0 Å². The van der Waals surface area contributed by atoms with E-state index in [1.165, 1.54) is 19.2 Å². The molecule has 0 aliphatic heterocycles. The molecule has 0 fully saturated rings.